The molecule has 26 atom stereocenters. The van der Waals surface area contributed by atoms with Crippen LogP contribution in [0.3, 0.4) is 0 Å². The van der Waals surface area contributed by atoms with Crippen LogP contribution < -0.4 is 0 Å². The van der Waals surface area contributed by atoms with Crippen molar-refractivity contribution < 1.29 is 109 Å². The summed E-state index contributed by atoms with van der Waals surface area (Å²) in [5, 5.41) is 129. The third-order valence-electron chi connectivity index (χ3n) is 21.1. The van der Waals surface area contributed by atoms with Crippen LogP contribution in [0.25, 0.3) is 0 Å². The van der Waals surface area contributed by atoms with Crippen LogP contribution in [0.2, 0.25) is 0 Å². The van der Waals surface area contributed by atoms with Crippen molar-refractivity contribution in [1.29, 1.82) is 0 Å². The normalized spacial score (nSPS) is 52.3. The van der Waals surface area contributed by atoms with Gasteiger partial charge in [-0.1, -0.05) is 60.1 Å². The molecule has 4 saturated carbocycles. The van der Waals surface area contributed by atoms with Crippen LogP contribution in [0.15, 0.2) is 23.2 Å². The first kappa shape index (κ1) is 58.2. The number of aliphatic carboxylic acids is 1. The average molecular weight is 1090 g/mol. The Hall–Kier alpha value is -2.46. The Bertz CT molecular complexity index is 2220. The number of aliphatic hydroxyl groups is 11. The van der Waals surface area contributed by atoms with Crippen LogP contribution in [-0.2, 0) is 47.5 Å². The van der Waals surface area contributed by atoms with Crippen molar-refractivity contribution in [2.75, 3.05) is 19.8 Å². The molecule has 0 aromatic rings. The number of Topliss-reactive ketones (excluding diaryl/α,β-unsaturated/α-hetero) is 1. The van der Waals surface area contributed by atoms with Gasteiger partial charge in [-0.2, -0.15) is 0 Å². The van der Waals surface area contributed by atoms with E-state index in [1.807, 2.05) is 6.92 Å². The van der Waals surface area contributed by atoms with E-state index in [0.29, 0.717) is 19.3 Å². The summed E-state index contributed by atoms with van der Waals surface area (Å²) in [4.78, 5) is 25.3. The van der Waals surface area contributed by atoms with Gasteiger partial charge in [0.25, 0.3) is 0 Å². The summed E-state index contributed by atoms with van der Waals surface area (Å²) in [6.45, 7) is 15.5. The first-order valence-corrected chi connectivity index (χ1v) is 27.2. The molecule has 9 rings (SSSR count). The quantitative estimate of drug-likeness (QED) is 0.0950. The van der Waals surface area contributed by atoms with Crippen LogP contribution in [-0.4, -0.2) is 203 Å². The SMILES string of the molecule is CC1=C(O)C(=O)CC(O[C@@H]2CC(C)(C)C[C@H]3C4=CC[C@@H]5[C@@]6(C)CC[C@H](O[C@@H]7O[C@H](C(=O)O)[C@@H](O)[C@H](O)[C@H]7O[C@@H]7O[C@H](CO)[C@@H](O)[C@H](O)[C@H]7O[C@@H]7O[C@H](CO)[C@@H](O)[C@H](O)[C@H]7O)[C@](C)(CO)[C@@H]6CC[C@@]5(C)[C@]4(C)CC[C@@]23C)O1. The zero-order chi connectivity index (χ0) is 55.6. The number of ketones is 1. The van der Waals surface area contributed by atoms with Crippen LogP contribution in [0.5, 0.6) is 0 Å². The van der Waals surface area contributed by atoms with E-state index in [2.05, 4.69) is 47.6 Å². The van der Waals surface area contributed by atoms with Gasteiger partial charge < -0.3 is 99.2 Å². The van der Waals surface area contributed by atoms with Crippen molar-refractivity contribution in [1.82, 2.24) is 0 Å². The first-order valence-electron chi connectivity index (χ1n) is 27.2. The molecular formula is C54H84O22. The molecule has 0 aromatic heterocycles. The van der Waals surface area contributed by atoms with Gasteiger partial charge in [-0.15, -0.1) is 0 Å². The highest BCUT2D eigenvalue weighted by Gasteiger charge is 2.70. The zero-order valence-electron chi connectivity index (χ0n) is 44.8. The number of aliphatic hydroxyl groups excluding tert-OH is 11. The molecule has 4 heterocycles. The summed E-state index contributed by atoms with van der Waals surface area (Å²) in [6.07, 6.45) is -20.7. The molecule has 0 bridgehead atoms. The molecular weight excluding hydrogens is 1000 g/mol. The van der Waals surface area contributed by atoms with Gasteiger partial charge in [0.2, 0.25) is 12.1 Å². The van der Waals surface area contributed by atoms with E-state index in [-0.39, 0.29) is 75.5 Å². The minimum absolute atomic E-state index is 0.0552. The van der Waals surface area contributed by atoms with Gasteiger partial charge in [0, 0.05) is 10.8 Å². The molecule has 22 heteroatoms. The molecule has 76 heavy (non-hydrogen) atoms. The summed E-state index contributed by atoms with van der Waals surface area (Å²) in [5.74, 6) is -2.02. The molecule has 432 valence electrons. The van der Waals surface area contributed by atoms with E-state index >= 15 is 0 Å². The minimum Gasteiger partial charge on any atom is -0.502 e. The molecule has 0 spiro atoms. The van der Waals surface area contributed by atoms with Crippen LogP contribution in [0.4, 0.5) is 0 Å². The topological polar surface area (TPSA) is 351 Å². The standard InChI is InChI=1S/C54H84O22/c1-23-34(59)26(58)17-33(69-23)72-32-19-49(2,3)18-25-24-9-10-30-51(5)13-12-31(52(6,22-57)29(51)11-14-54(30,8)53(24,7)16-15-50(25,32)4)73-48-44(40(65)39(64)42(74-48)45(67)68)76-47-43(38(63)36(61)28(21-56)71-47)75-46-41(66)37(62)35(60)27(20-55)70-46/h9,25,27-33,35-44,46-48,55-57,59-66H,10-22H2,1-8H3,(H,67,68)/t25-,27+,28+,29+,30+,31-,32+,33?,35+,36+,37-,38-,39-,40-,41+,42-,43+,44+,46-,47-,48+,50+,51-,52+,53+,54+/m0/s1. The number of carboxylic acids is 1. The minimum atomic E-state index is -2.12. The maximum Gasteiger partial charge on any atom is 0.335 e. The number of rotatable bonds is 12. The third kappa shape index (κ3) is 9.31. The van der Waals surface area contributed by atoms with Crippen LogP contribution in [0, 0.1) is 50.2 Å². The van der Waals surface area contributed by atoms with Gasteiger partial charge in [0.05, 0.1) is 38.4 Å². The molecule has 12 N–H and O–H groups in total. The van der Waals surface area contributed by atoms with E-state index in [1.165, 1.54) is 5.57 Å². The highest BCUT2D eigenvalue weighted by atomic mass is 16.8. The second-order valence-corrected chi connectivity index (χ2v) is 25.8. The van der Waals surface area contributed by atoms with Crippen molar-refractivity contribution in [3.8, 4) is 0 Å². The Morgan fingerprint density at radius 1 is 0.658 bits per heavy atom. The van der Waals surface area contributed by atoms with Crippen molar-refractivity contribution >= 4 is 11.8 Å². The lowest BCUT2D eigenvalue weighted by molar-refractivity contribution is -0.397. The Balaban J connectivity index is 0.980. The molecule has 4 aliphatic heterocycles. The number of fused-ring (bicyclic) bond motifs is 7. The Morgan fingerprint density at radius 3 is 1.88 bits per heavy atom. The molecule has 0 aromatic carbocycles. The fourth-order valence-corrected chi connectivity index (χ4v) is 16.3. The summed E-state index contributed by atoms with van der Waals surface area (Å²) >= 11 is 0. The van der Waals surface area contributed by atoms with Gasteiger partial charge in [-0.3, -0.25) is 4.79 Å². The van der Waals surface area contributed by atoms with Gasteiger partial charge in [0.15, 0.2) is 30.7 Å². The lowest BCUT2D eigenvalue weighted by Crippen LogP contribution is -2.68. The second-order valence-electron chi connectivity index (χ2n) is 25.8. The molecule has 1 unspecified atom stereocenters. The predicted molar refractivity (Wildman–Crippen MR) is 261 cm³/mol. The molecule has 0 amide bonds. The smallest absolute Gasteiger partial charge is 0.335 e. The van der Waals surface area contributed by atoms with Gasteiger partial charge in [-0.05, 0) is 104 Å². The molecule has 5 aliphatic carbocycles. The highest BCUT2D eigenvalue weighted by molar-refractivity contribution is 5.94. The van der Waals surface area contributed by atoms with E-state index in [0.717, 1.165) is 38.5 Å². The number of carbonyl (C=O) groups excluding carboxylic acids is 1. The number of ether oxygens (including phenoxy) is 8. The van der Waals surface area contributed by atoms with E-state index < -0.39 is 135 Å². The summed E-state index contributed by atoms with van der Waals surface area (Å²) < 4.78 is 48.9. The van der Waals surface area contributed by atoms with Gasteiger partial charge >= 0.3 is 5.97 Å². The number of allylic oxidation sites excluding steroid dienone is 4. The molecule has 22 nitrogen and oxygen atoms in total. The highest BCUT2D eigenvalue weighted by Crippen LogP contribution is 2.76. The predicted octanol–water partition coefficient (Wildman–Crippen LogP) is 0.806. The summed E-state index contributed by atoms with van der Waals surface area (Å²) in [7, 11) is 0. The molecule has 3 saturated heterocycles. The number of hydrogen-bond acceptors (Lipinski definition) is 21. The number of carbonyl (C=O) groups is 2. The maximum absolute atomic E-state index is 12.7. The Morgan fingerprint density at radius 2 is 1.26 bits per heavy atom. The molecule has 7 fully saturated rings. The second kappa shape index (κ2) is 20.8. The first-order chi connectivity index (χ1) is 35.5. The lowest BCUT2D eigenvalue weighted by atomic mass is 9.33. The largest absolute Gasteiger partial charge is 0.502 e. The summed E-state index contributed by atoms with van der Waals surface area (Å²) in [5.41, 5.74) is -0.626. The molecule has 0 radical (unpaired) electrons. The van der Waals surface area contributed by atoms with Crippen molar-refractivity contribution in [3.05, 3.63) is 23.2 Å². The third-order valence-corrected chi connectivity index (χ3v) is 21.1. The van der Waals surface area contributed by atoms with Gasteiger partial charge in [0.1, 0.15) is 72.9 Å². The monoisotopic (exact) mass is 1080 g/mol. The van der Waals surface area contributed by atoms with Crippen LogP contribution >= 0.6 is 0 Å². The van der Waals surface area contributed by atoms with Crippen molar-refractivity contribution in [2.45, 2.75) is 230 Å². The average Bonchev–Trinajstić information content (AvgIpc) is 3.54. The number of carboxylic acid groups (broad SMARTS) is 1. The number of hydrogen-bond donors (Lipinski definition) is 12. The Labute approximate surface area is 442 Å². The summed E-state index contributed by atoms with van der Waals surface area (Å²) in [6, 6.07) is 0. The molecule has 9 aliphatic rings. The van der Waals surface area contributed by atoms with E-state index in [1.54, 1.807) is 6.92 Å². The van der Waals surface area contributed by atoms with Crippen molar-refractivity contribution in [3.63, 3.8) is 0 Å². The van der Waals surface area contributed by atoms with Crippen LogP contribution in [0.1, 0.15) is 120 Å². The van der Waals surface area contributed by atoms with E-state index in [9.17, 15) is 70.9 Å². The van der Waals surface area contributed by atoms with E-state index in [4.69, 9.17) is 37.9 Å². The fraction of sp³-hybridized carbons (Fsp3) is 0.889. The maximum atomic E-state index is 12.7. The fourth-order valence-electron chi connectivity index (χ4n) is 16.3. The van der Waals surface area contributed by atoms with Gasteiger partial charge in [-0.25, -0.2) is 4.79 Å². The van der Waals surface area contributed by atoms with Crippen molar-refractivity contribution in [2.24, 2.45) is 50.2 Å². The zero-order valence-corrected chi connectivity index (χ0v) is 44.8. The lowest BCUT2D eigenvalue weighted by Gasteiger charge is -2.72. The Kier molecular flexibility index (Phi) is 15.9.